The van der Waals surface area contributed by atoms with E-state index in [0.29, 0.717) is 22.2 Å². The molecule has 0 saturated carbocycles. The Morgan fingerprint density at radius 3 is 2.24 bits per heavy atom. The van der Waals surface area contributed by atoms with Crippen LogP contribution in [0.25, 0.3) is 0 Å². The minimum atomic E-state index is -3.77. The van der Waals surface area contributed by atoms with Crippen LogP contribution in [-0.4, -0.2) is 34.8 Å². The average molecular weight is 489 g/mol. The Kier molecular flexibility index (Phi) is 7.50. The van der Waals surface area contributed by atoms with Crippen molar-refractivity contribution in [3.05, 3.63) is 82.4 Å². The minimum Gasteiger partial charge on any atom is -0.493 e. The Morgan fingerprint density at radius 2 is 1.64 bits per heavy atom. The van der Waals surface area contributed by atoms with E-state index in [-0.39, 0.29) is 17.8 Å². The highest BCUT2D eigenvalue weighted by molar-refractivity contribution is 7.92. The summed E-state index contributed by atoms with van der Waals surface area (Å²) in [6, 6.07) is 17.2. The zero-order valence-corrected chi connectivity index (χ0v) is 20.3. The maximum atomic E-state index is 13.4. The Bertz CT molecular complexity index is 1260. The van der Waals surface area contributed by atoms with Crippen LogP contribution in [-0.2, 0) is 16.6 Å². The molecule has 3 aromatic carbocycles. The number of carbonyl (C=O) groups excluding carboxylic acids is 1. The molecule has 0 bridgehead atoms. The van der Waals surface area contributed by atoms with Gasteiger partial charge in [-0.1, -0.05) is 48.0 Å². The number of rotatable bonds is 8. The molecule has 1 amide bonds. The first-order chi connectivity index (χ1) is 15.6. The Balaban J connectivity index is 2.15. The first-order valence-corrected chi connectivity index (χ1v) is 12.2. The molecule has 33 heavy (non-hydrogen) atoms. The number of nitrogens with zero attached hydrogens (tertiary/aromatic N) is 1. The maximum absolute atomic E-state index is 13.4. The minimum absolute atomic E-state index is 0.0334. The molecule has 0 spiro atoms. The molecule has 3 rings (SSSR count). The number of ether oxygens (including phenoxy) is 2. The van der Waals surface area contributed by atoms with Crippen molar-refractivity contribution in [2.75, 3.05) is 30.1 Å². The molecule has 0 aliphatic carbocycles. The molecule has 0 heterocycles. The molecule has 0 aliphatic rings. The van der Waals surface area contributed by atoms with Gasteiger partial charge in [0.1, 0.15) is 0 Å². The second-order valence-electron chi connectivity index (χ2n) is 7.39. The average Bonchev–Trinajstić information content (AvgIpc) is 2.79. The summed E-state index contributed by atoms with van der Waals surface area (Å²) in [5, 5.41) is 3.29. The van der Waals surface area contributed by atoms with Gasteiger partial charge >= 0.3 is 0 Å². The standard InChI is InChI=1S/C24H25ClN2O5S/c1-16-10-11-18(25)12-20(16)26-24(28)19-13-22(31-2)23(32-3)14-21(19)27(33(4,29)30)15-17-8-6-5-7-9-17/h5-14H,15H2,1-4H3,(H,26,28). The van der Waals surface area contributed by atoms with Crippen LogP contribution in [0, 0.1) is 6.92 Å². The summed E-state index contributed by atoms with van der Waals surface area (Å²) in [6.45, 7) is 1.87. The second-order valence-corrected chi connectivity index (χ2v) is 9.74. The van der Waals surface area contributed by atoms with Crippen molar-refractivity contribution >= 4 is 38.9 Å². The largest absolute Gasteiger partial charge is 0.493 e. The number of hydrogen-bond acceptors (Lipinski definition) is 5. The van der Waals surface area contributed by atoms with Gasteiger partial charge in [0.25, 0.3) is 5.91 Å². The van der Waals surface area contributed by atoms with Crippen LogP contribution >= 0.6 is 11.6 Å². The van der Waals surface area contributed by atoms with Crippen molar-refractivity contribution in [2.45, 2.75) is 13.5 Å². The molecule has 0 fully saturated rings. The van der Waals surface area contributed by atoms with E-state index < -0.39 is 15.9 Å². The van der Waals surface area contributed by atoms with Gasteiger partial charge in [0, 0.05) is 16.8 Å². The summed E-state index contributed by atoms with van der Waals surface area (Å²) in [4.78, 5) is 13.4. The van der Waals surface area contributed by atoms with Crippen LogP contribution in [0.1, 0.15) is 21.5 Å². The summed E-state index contributed by atoms with van der Waals surface area (Å²) in [5.41, 5.74) is 2.35. The summed E-state index contributed by atoms with van der Waals surface area (Å²) in [7, 11) is -0.882. The van der Waals surface area contributed by atoms with Gasteiger partial charge in [-0.25, -0.2) is 8.42 Å². The highest BCUT2D eigenvalue weighted by Gasteiger charge is 2.27. The zero-order valence-electron chi connectivity index (χ0n) is 18.8. The third-order valence-electron chi connectivity index (χ3n) is 5.03. The number of sulfonamides is 1. The van der Waals surface area contributed by atoms with Crippen LogP contribution < -0.4 is 19.1 Å². The van der Waals surface area contributed by atoms with Gasteiger partial charge in [-0.2, -0.15) is 0 Å². The zero-order chi connectivity index (χ0) is 24.2. The van der Waals surface area contributed by atoms with Crippen molar-refractivity contribution in [2.24, 2.45) is 0 Å². The number of benzene rings is 3. The first kappa shape index (κ1) is 24.4. The van der Waals surface area contributed by atoms with E-state index in [1.165, 1.54) is 30.7 Å². The molecule has 0 radical (unpaired) electrons. The predicted octanol–water partition coefficient (Wildman–Crippen LogP) is 4.88. The quantitative estimate of drug-likeness (QED) is 0.488. The molecule has 0 atom stereocenters. The second kappa shape index (κ2) is 10.1. The number of anilines is 2. The van der Waals surface area contributed by atoms with Gasteiger partial charge in [-0.3, -0.25) is 9.10 Å². The summed E-state index contributed by atoms with van der Waals surface area (Å²) < 4.78 is 37.6. The van der Waals surface area contributed by atoms with Gasteiger partial charge in [0.15, 0.2) is 11.5 Å². The lowest BCUT2D eigenvalue weighted by atomic mass is 10.1. The Morgan fingerprint density at radius 1 is 1.00 bits per heavy atom. The van der Waals surface area contributed by atoms with E-state index in [1.807, 2.05) is 37.3 Å². The molecule has 0 saturated heterocycles. The van der Waals surface area contributed by atoms with Crippen LogP contribution in [0.2, 0.25) is 5.02 Å². The lowest BCUT2D eigenvalue weighted by Crippen LogP contribution is -2.31. The molecule has 3 aromatic rings. The van der Waals surface area contributed by atoms with Gasteiger partial charge in [-0.05, 0) is 36.2 Å². The summed E-state index contributed by atoms with van der Waals surface area (Å²) in [5.74, 6) is 0.0742. The number of aryl methyl sites for hydroxylation is 1. The van der Waals surface area contributed by atoms with Crippen molar-refractivity contribution < 1.29 is 22.7 Å². The summed E-state index contributed by atoms with van der Waals surface area (Å²) in [6.07, 6.45) is 1.09. The van der Waals surface area contributed by atoms with E-state index in [0.717, 1.165) is 17.4 Å². The van der Waals surface area contributed by atoms with Crippen LogP contribution in [0.5, 0.6) is 11.5 Å². The monoisotopic (exact) mass is 488 g/mol. The topological polar surface area (TPSA) is 84.9 Å². The van der Waals surface area contributed by atoms with E-state index in [9.17, 15) is 13.2 Å². The van der Waals surface area contributed by atoms with E-state index in [1.54, 1.807) is 18.2 Å². The molecule has 0 aliphatic heterocycles. The predicted molar refractivity (Wildman–Crippen MR) is 131 cm³/mol. The SMILES string of the molecule is COc1cc(C(=O)Nc2cc(Cl)ccc2C)c(N(Cc2ccccc2)S(C)(=O)=O)cc1OC. The van der Waals surface area contributed by atoms with Crippen LogP contribution in [0.15, 0.2) is 60.7 Å². The van der Waals surface area contributed by atoms with Gasteiger partial charge in [0.2, 0.25) is 10.0 Å². The molecule has 174 valence electrons. The number of amides is 1. The molecule has 7 nitrogen and oxygen atoms in total. The molecule has 0 unspecified atom stereocenters. The van der Waals surface area contributed by atoms with Crippen molar-refractivity contribution in [3.8, 4) is 11.5 Å². The van der Waals surface area contributed by atoms with Crippen molar-refractivity contribution in [1.82, 2.24) is 0 Å². The number of halogens is 1. The molecular formula is C24H25ClN2O5S. The third-order valence-corrected chi connectivity index (χ3v) is 6.39. The smallest absolute Gasteiger partial charge is 0.257 e. The number of nitrogens with one attached hydrogen (secondary N) is 1. The highest BCUT2D eigenvalue weighted by atomic mass is 35.5. The van der Waals surface area contributed by atoms with Crippen LogP contribution in [0.3, 0.4) is 0 Å². The van der Waals surface area contributed by atoms with Crippen molar-refractivity contribution in [1.29, 1.82) is 0 Å². The lowest BCUT2D eigenvalue weighted by molar-refractivity contribution is 0.102. The first-order valence-electron chi connectivity index (χ1n) is 9.99. The normalized spacial score (nSPS) is 11.1. The van der Waals surface area contributed by atoms with Crippen molar-refractivity contribution in [3.63, 3.8) is 0 Å². The fraction of sp³-hybridized carbons (Fsp3) is 0.208. The summed E-state index contributed by atoms with van der Waals surface area (Å²) >= 11 is 6.09. The fourth-order valence-electron chi connectivity index (χ4n) is 3.31. The Hall–Kier alpha value is -3.23. The fourth-order valence-corrected chi connectivity index (χ4v) is 4.37. The highest BCUT2D eigenvalue weighted by Crippen LogP contribution is 2.37. The van der Waals surface area contributed by atoms with Crippen LogP contribution in [0.4, 0.5) is 11.4 Å². The molecular weight excluding hydrogens is 464 g/mol. The maximum Gasteiger partial charge on any atom is 0.257 e. The van der Waals surface area contributed by atoms with Gasteiger partial charge in [0.05, 0.1) is 38.3 Å². The number of hydrogen-bond donors (Lipinski definition) is 1. The third kappa shape index (κ3) is 5.77. The molecule has 1 N–H and O–H groups in total. The molecule has 9 heteroatoms. The number of carbonyl (C=O) groups is 1. The van der Waals surface area contributed by atoms with E-state index in [2.05, 4.69) is 5.32 Å². The van der Waals surface area contributed by atoms with Gasteiger partial charge < -0.3 is 14.8 Å². The van der Waals surface area contributed by atoms with E-state index in [4.69, 9.17) is 21.1 Å². The Labute approximate surface area is 198 Å². The molecule has 0 aromatic heterocycles. The number of methoxy groups -OCH3 is 2. The lowest BCUT2D eigenvalue weighted by Gasteiger charge is -2.26. The van der Waals surface area contributed by atoms with Gasteiger partial charge in [-0.15, -0.1) is 0 Å². The van der Waals surface area contributed by atoms with E-state index >= 15 is 0 Å².